The number of benzene rings is 2. The Kier molecular flexibility index (Phi) is 3.15. The number of ketones is 1. The SMILES string of the molecule is Cc1cc(F)cc(C(=O)c2cccc(N)c2C)c1. The van der Waals surface area contributed by atoms with Crippen molar-refractivity contribution in [1.29, 1.82) is 0 Å². The molecule has 0 aliphatic rings. The normalized spacial score (nSPS) is 10.4. The standard InChI is InChI=1S/C15H14FNO/c1-9-6-11(8-12(16)7-9)15(18)13-4-3-5-14(17)10(13)2/h3-8H,17H2,1-2H3. The van der Waals surface area contributed by atoms with Crippen molar-refractivity contribution in [3.05, 3.63) is 64.5 Å². The van der Waals surface area contributed by atoms with E-state index in [2.05, 4.69) is 0 Å². The highest BCUT2D eigenvalue weighted by atomic mass is 19.1. The van der Waals surface area contributed by atoms with E-state index in [-0.39, 0.29) is 5.78 Å². The Labute approximate surface area is 105 Å². The average Bonchev–Trinajstić information content (AvgIpc) is 2.30. The molecule has 0 aliphatic carbocycles. The van der Waals surface area contributed by atoms with Gasteiger partial charge in [0.15, 0.2) is 5.78 Å². The summed E-state index contributed by atoms with van der Waals surface area (Å²) >= 11 is 0. The largest absolute Gasteiger partial charge is 0.398 e. The van der Waals surface area contributed by atoms with E-state index in [1.54, 1.807) is 38.1 Å². The molecule has 2 nitrogen and oxygen atoms in total. The number of hydrogen-bond acceptors (Lipinski definition) is 2. The number of carbonyl (C=O) groups is 1. The van der Waals surface area contributed by atoms with Crippen LogP contribution < -0.4 is 5.73 Å². The lowest BCUT2D eigenvalue weighted by Crippen LogP contribution is -2.06. The lowest BCUT2D eigenvalue weighted by atomic mass is 9.97. The third-order valence-electron chi connectivity index (χ3n) is 2.92. The molecule has 92 valence electrons. The Bertz CT molecular complexity index is 600. The Morgan fingerprint density at radius 2 is 1.89 bits per heavy atom. The maximum atomic E-state index is 13.3. The third kappa shape index (κ3) is 2.25. The minimum atomic E-state index is -0.403. The van der Waals surface area contributed by atoms with E-state index >= 15 is 0 Å². The molecule has 2 N–H and O–H groups in total. The van der Waals surface area contributed by atoms with Crippen molar-refractivity contribution in [1.82, 2.24) is 0 Å². The second-order valence-electron chi connectivity index (χ2n) is 4.37. The molecule has 0 unspecified atom stereocenters. The topological polar surface area (TPSA) is 43.1 Å². The number of anilines is 1. The molecule has 2 aromatic carbocycles. The van der Waals surface area contributed by atoms with Crippen molar-refractivity contribution >= 4 is 11.5 Å². The van der Waals surface area contributed by atoms with Crippen LogP contribution in [0.2, 0.25) is 0 Å². The van der Waals surface area contributed by atoms with Crippen molar-refractivity contribution in [3.63, 3.8) is 0 Å². The van der Waals surface area contributed by atoms with Crippen molar-refractivity contribution in [3.8, 4) is 0 Å². The summed E-state index contributed by atoms with van der Waals surface area (Å²) in [5.41, 5.74) is 8.64. The van der Waals surface area contributed by atoms with Gasteiger partial charge in [-0.25, -0.2) is 4.39 Å². The van der Waals surface area contributed by atoms with Crippen molar-refractivity contribution < 1.29 is 9.18 Å². The first-order valence-corrected chi connectivity index (χ1v) is 5.66. The van der Waals surface area contributed by atoms with Gasteiger partial charge in [0.2, 0.25) is 0 Å². The molecule has 2 rings (SSSR count). The molecular formula is C15H14FNO. The van der Waals surface area contributed by atoms with Crippen molar-refractivity contribution in [2.75, 3.05) is 5.73 Å². The zero-order valence-corrected chi connectivity index (χ0v) is 10.3. The summed E-state index contributed by atoms with van der Waals surface area (Å²) in [5, 5.41) is 0. The van der Waals surface area contributed by atoms with Crippen LogP contribution >= 0.6 is 0 Å². The van der Waals surface area contributed by atoms with Gasteiger partial charge in [-0.2, -0.15) is 0 Å². The van der Waals surface area contributed by atoms with Crippen molar-refractivity contribution in [2.45, 2.75) is 13.8 Å². The number of rotatable bonds is 2. The molecule has 0 amide bonds. The molecule has 0 fully saturated rings. The fraction of sp³-hybridized carbons (Fsp3) is 0.133. The Balaban J connectivity index is 2.51. The predicted octanol–water partition coefficient (Wildman–Crippen LogP) is 3.26. The first-order chi connectivity index (χ1) is 8.49. The van der Waals surface area contributed by atoms with Crippen LogP contribution in [-0.4, -0.2) is 5.78 Å². The lowest BCUT2D eigenvalue weighted by Gasteiger charge is -2.08. The Morgan fingerprint density at radius 1 is 1.17 bits per heavy atom. The van der Waals surface area contributed by atoms with E-state index in [1.165, 1.54) is 12.1 Å². The molecule has 0 saturated carbocycles. The molecule has 18 heavy (non-hydrogen) atoms. The molecule has 2 aromatic rings. The number of aryl methyl sites for hydroxylation is 1. The number of carbonyl (C=O) groups excluding carboxylic acids is 1. The lowest BCUT2D eigenvalue weighted by molar-refractivity contribution is 0.103. The van der Waals surface area contributed by atoms with Crippen LogP contribution in [0.3, 0.4) is 0 Å². The van der Waals surface area contributed by atoms with Gasteiger partial charge in [-0.15, -0.1) is 0 Å². The van der Waals surface area contributed by atoms with Gasteiger partial charge in [-0.3, -0.25) is 4.79 Å². The summed E-state index contributed by atoms with van der Waals surface area (Å²) in [6, 6.07) is 9.48. The monoisotopic (exact) mass is 243 g/mol. The number of hydrogen-bond donors (Lipinski definition) is 1. The molecule has 0 bridgehead atoms. The van der Waals surface area contributed by atoms with Crippen LogP contribution in [0.5, 0.6) is 0 Å². The van der Waals surface area contributed by atoms with Gasteiger partial charge < -0.3 is 5.73 Å². The zero-order valence-electron chi connectivity index (χ0n) is 10.3. The highest BCUT2D eigenvalue weighted by Gasteiger charge is 2.14. The van der Waals surface area contributed by atoms with Gasteiger partial charge in [0.05, 0.1) is 0 Å². The van der Waals surface area contributed by atoms with E-state index in [0.29, 0.717) is 16.8 Å². The number of nitrogen functional groups attached to an aromatic ring is 1. The second-order valence-corrected chi connectivity index (χ2v) is 4.37. The Hall–Kier alpha value is -2.16. The first kappa shape index (κ1) is 12.3. The van der Waals surface area contributed by atoms with Crippen LogP contribution in [0.15, 0.2) is 36.4 Å². The van der Waals surface area contributed by atoms with Gasteiger partial charge in [-0.1, -0.05) is 12.1 Å². The van der Waals surface area contributed by atoms with Crippen LogP contribution in [0.25, 0.3) is 0 Å². The van der Waals surface area contributed by atoms with Gasteiger partial charge in [0.1, 0.15) is 5.82 Å². The molecule has 0 saturated heterocycles. The average molecular weight is 243 g/mol. The summed E-state index contributed by atoms with van der Waals surface area (Å²) in [6.07, 6.45) is 0. The molecule has 0 spiro atoms. The molecular weight excluding hydrogens is 229 g/mol. The smallest absolute Gasteiger partial charge is 0.193 e. The number of halogens is 1. The van der Waals surface area contributed by atoms with Crippen LogP contribution in [0.1, 0.15) is 27.0 Å². The van der Waals surface area contributed by atoms with Crippen LogP contribution in [-0.2, 0) is 0 Å². The Morgan fingerprint density at radius 3 is 2.56 bits per heavy atom. The predicted molar refractivity (Wildman–Crippen MR) is 70.2 cm³/mol. The molecule has 0 atom stereocenters. The highest BCUT2D eigenvalue weighted by molar-refractivity contribution is 6.10. The minimum Gasteiger partial charge on any atom is -0.398 e. The molecule has 0 radical (unpaired) electrons. The quantitative estimate of drug-likeness (QED) is 0.650. The van der Waals surface area contributed by atoms with Gasteiger partial charge in [0, 0.05) is 16.8 Å². The summed E-state index contributed by atoms with van der Waals surface area (Å²) in [7, 11) is 0. The zero-order chi connectivity index (χ0) is 13.3. The van der Waals surface area contributed by atoms with E-state index < -0.39 is 5.82 Å². The fourth-order valence-electron chi connectivity index (χ4n) is 1.92. The fourth-order valence-corrected chi connectivity index (χ4v) is 1.92. The van der Waals surface area contributed by atoms with Gasteiger partial charge in [0.25, 0.3) is 0 Å². The van der Waals surface area contributed by atoms with E-state index in [1.807, 2.05) is 0 Å². The molecule has 3 heteroatoms. The summed E-state index contributed by atoms with van der Waals surface area (Å²) in [4.78, 5) is 12.3. The van der Waals surface area contributed by atoms with Gasteiger partial charge >= 0.3 is 0 Å². The third-order valence-corrected chi connectivity index (χ3v) is 2.92. The maximum Gasteiger partial charge on any atom is 0.193 e. The summed E-state index contributed by atoms with van der Waals surface area (Å²) in [6.45, 7) is 3.54. The molecule has 0 heterocycles. The molecule has 0 aliphatic heterocycles. The second kappa shape index (κ2) is 4.61. The number of nitrogens with two attached hydrogens (primary N) is 1. The van der Waals surface area contributed by atoms with Crippen LogP contribution in [0, 0.1) is 19.7 Å². The highest BCUT2D eigenvalue weighted by Crippen LogP contribution is 2.20. The van der Waals surface area contributed by atoms with E-state index in [9.17, 15) is 9.18 Å². The first-order valence-electron chi connectivity index (χ1n) is 5.66. The molecule has 0 aromatic heterocycles. The maximum absolute atomic E-state index is 13.3. The van der Waals surface area contributed by atoms with Crippen LogP contribution in [0.4, 0.5) is 10.1 Å². The van der Waals surface area contributed by atoms with Gasteiger partial charge in [-0.05, 0) is 49.2 Å². The van der Waals surface area contributed by atoms with Crippen molar-refractivity contribution in [2.24, 2.45) is 0 Å². The summed E-state index contributed by atoms with van der Waals surface area (Å²) < 4.78 is 13.3. The van der Waals surface area contributed by atoms with E-state index in [0.717, 1.165) is 11.1 Å². The van der Waals surface area contributed by atoms with E-state index in [4.69, 9.17) is 5.73 Å². The minimum absolute atomic E-state index is 0.206. The summed E-state index contributed by atoms with van der Waals surface area (Å²) in [5.74, 6) is -0.609.